The molecule has 1 heterocycles. The summed E-state index contributed by atoms with van der Waals surface area (Å²) >= 11 is 0. The van der Waals surface area contributed by atoms with Gasteiger partial charge in [-0.15, -0.1) is 0 Å². The molecule has 0 saturated heterocycles. The second-order valence-electron chi connectivity index (χ2n) is 1.78. The highest BCUT2D eigenvalue weighted by Gasteiger charge is 1.82. The molecular weight excluding hydrogens is 156 g/mol. The summed E-state index contributed by atoms with van der Waals surface area (Å²) in [6.45, 7) is 2.06. The molecule has 66 valence electrons. The van der Waals surface area contributed by atoms with E-state index in [2.05, 4.69) is 15.5 Å². The number of hydrogen-bond acceptors (Lipinski definition) is 3. The number of carbonyl (C=O) groups excluding carboxylic acids is 1. The molecule has 0 atom stereocenters. The number of carbonyl (C=O) groups is 1. The zero-order valence-electron chi connectivity index (χ0n) is 6.93. The zero-order valence-corrected chi connectivity index (χ0v) is 6.93. The maximum Gasteiger partial charge on any atom is 0.404 e. The van der Waals surface area contributed by atoms with Gasteiger partial charge < -0.3 is 10.5 Å². The quantitative estimate of drug-likeness (QED) is 0.684. The Balaban J connectivity index is 0.000000202. The lowest BCUT2D eigenvalue weighted by Gasteiger charge is -1.89. The number of rotatable bonds is 1. The van der Waals surface area contributed by atoms with Crippen molar-refractivity contribution >= 4 is 6.09 Å². The van der Waals surface area contributed by atoms with Gasteiger partial charge in [-0.25, -0.2) is 4.79 Å². The number of hydrogen-bond donors (Lipinski definition) is 1. The van der Waals surface area contributed by atoms with Gasteiger partial charge in [-0.05, 0) is 19.1 Å². The number of amides is 1. The molecule has 1 aromatic rings. The van der Waals surface area contributed by atoms with E-state index in [1.54, 1.807) is 19.3 Å². The van der Waals surface area contributed by atoms with Crippen molar-refractivity contribution in [3.05, 3.63) is 30.6 Å². The summed E-state index contributed by atoms with van der Waals surface area (Å²) in [5, 5.41) is 0. The van der Waals surface area contributed by atoms with E-state index in [1.165, 1.54) is 0 Å². The minimum absolute atomic E-state index is 0.356. The molecule has 2 N–H and O–H groups in total. The third kappa shape index (κ3) is 8.42. The summed E-state index contributed by atoms with van der Waals surface area (Å²) < 4.78 is 4.18. The van der Waals surface area contributed by atoms with E-state index in [0.29, 0.717) is 6.61 Å². The molecule has 4 nitrogen and oxygen atoms in total. The molecule has 1 aromatic heterocycles. The van der Waals surface area contributed by atoms with Crippen LogP contribution in [-0.4, -0.2) is 17.7 Å². The van der Waals surface area contributed by atoms with Crippen LogP contribution in [0.1, 0.15) is 6.92 Å². The molecule has 0 radical (unpaired) electrons. The summed E-state index contributed by atoms with van der Waals surface area (Å²) in [6, 6.07) is 5.72. The third-order valence-electron chi connectivity index (χ3n) is 0.853. The molecule has 0 aliphatic heterocycles. The first kappa shape index (κ1) is 10.4. The van der Waals surface area contributed by atoms with Crippen molar-refractivity contribution in [2.45, 2.75) is 6.92 Å². The van der Waals surface area contributed by atoms with E-state index >= 15 is 0 Å². The van der Waals surface area contributed by atoms with Gasteiger partial charge in [0.05, 0.1) is 6.61 Å². The lowest BCUT2D eigenvalue weighted by Crippen LogP contribution is -2.11. The van der Waals surface area contributed by atoms with Crippen LogP contribution in [0.3, 0.4) is 0 Å². The van der Waals surface area contributed by atoms with Crippen LogP contribution in [-0.2, 0) is 4.74 Å². The fourth-order valence-corrected chi connectivity index (χ4v) is 0.455. The van der Waals surface area contributed by atoms with E-state index in [4.69, 9.17) is 0 Å². The molecular formula is C8H12N2O2. The normalized spacial score (nSPS) is 7.75. The van der Waals surface area contributed by atoms with Crippen LogP contribution in [0.25, 0.3) is 0 Å². The van der Waals surface area contributed by atoms with Gasteiger partial charge in [0.1, 0.15) is 0 Å². The lowest BCUT2D eigenvalue weighted by atomic mass is 10.5. The van der Waals surface area contributed by atoms with Crippen molar-refractivity contribution < 1.29 is 9.53 Å². The van der Waals surface area contributed by atoms with Gasteiger partial charge in [-0.3, -0.25) is 4.98 Å². The molecule has 0 unspecified atom stereocenters. The molecule has 0 bridgehead atoms. The van der Waals surface area contributed by atoms with Gasteiger partial charge in [-0.1, -0.05) is 6.07 Å². The summed E-state index contributed by atoms with van der Waals surface area (Å²) in [5.74, 6) is 0. The minimum Gasteiger partial charge on any atom is -0.450 e. The number of nitrogens with zero attached hydrogens (tertiary/aromatic N) is 1. The number of aromatic nitrogens is 1. The molecule has 0 aliphatic rings. The van der Waals surface area contributed by atoms with Crippen LogP contribution in [0.15, 0.2) is 30.6 Å². The van der Waals surface area contributed by atoms with E-state index in [1.807, 2.05) is 18.2 Å². The standard InChI is InChI=1S/C5H5N.C3H7NO2/c1-2-4-6-5-3-1;1-2-6-3(4)5/h1-5H;2H2,1H3,(H2,4,5). The average Bonchev–Trinajstić information content (AvgIpc) is 2.08. The molecule has 0 spiro atoms. The second-order valence-corrected chi connectivity index (χ2v) is 1.78. The highest BCUT2D eigenvalue weighted by Crippen LogP contribution is 1.73. The molecule has 1 rings (SSSR count). The SMILES string of the molecule is CCOC(N)=O.c1ccncc1. The van der Waals surface area contributed by atoms with E-state index < -0.39 is 6.09 Å². The van der Waals surface area contributed by atoms with Crippen LogP contribution < -0.4 is 5.73 Å². The predicted molar refractivity (Wildman–Crippen MR) is 45.4 cm³/mol. The Bertz CT molecular complexity index is 175. The van der Waals surface area contributed by atoms with Crippen molar-refractivity contribution in [3.8, 4) is 0 Å². The third-order valence-corrected chi connectivity index (χ3v) is 0.853. The molecule has 12 heavy (non-hydrogen) atoms. The average molecular weight is 168 g/mol. The summed E-state index contributed by atoms with van der Waals surface area (Å²) in [4.78, 5) is 13.4. The lowest BCUT2D eigenvalue weighted by molar-refractivity contribution is 0.163. The van der Waals surface area contributed by atoms with Crippen LogP contribution in [0.2, 0.25) is 0 Å². The monoisotopic (exact) mass is 168 g/mol. The minimum atomic E-state index is -0.711. The molecule has 0 saturated carbocycles. The number of ether oxygens (including phenoxy) is 1. The summed E-state index contributed by atoms with van der Waals surface area (Å²) in [7, 11) is 0. The Labute approximate surface area is 71.4 Å². The predicted octanol–water partition coefficient (Wildman–Crippen LogP) is 1.18. The Morgan fingerprint density at radius 2 is 2.00 bits per heavy atom. The van der Waals surface area contributed by atoms with Crippen molar-refractivity contribution in [1.82, 2.24) is 4.98 Å². The van der Waals surface area contributed by atoms with Gasteiger partial charge in [0.2, 0.25) is 0 Å². The van der Waals surface area contributed by atoms with Crippen LogP contribution >= 0.6 is 0 Å². The maximum atomic E-state index is 9.60. The Morgan fingerprint density at radius 1 is 1.42 bits per heavy atom. The summed E-state index contributed by atoms with van der Waals surface area (Å²) in [5.41, 5.74) is 4.54. The molecule has 0 aliphatic carbocycles. The van der Waals surface area contributed by atoms with Gasteiger partial charge in [0.25, 0.3) is 0 Å². The first-order chi connectivity index (χ1) is 5.77. The van der Waals surface area contributed by atoms with Crippen LogP contribution in [0, 0.1) is 0 Å². The smallest absolute Gasteiger partial charge is 0.404 e. The van der Waals surface area contributed by atoms with E-state index in [0.717, 1.165) is 0 Å². The Hall–Kier alpha value is -1.58. The molecule has 0 aromatic carbocycles. The fraction of sp³-hybridized carbons (Fsp3) is 0.250. The number of primary amides is 1. The summed E-state index contributed by atoms with van der Waals surface area (Å²) in [6.07, 6.45) is 2.79. The van der Waals surface area contributed by atoms with E-state index in [-0.39, 0.29) is 0 Å². The second kappa shape index (κ2) is 7.53. The van der Waals surface area contributed by atoms with Crippen molar-refractivity contribution in [2.75, 3.05) is 6.61 Å². The van der Waals surface area contributed by atoms with Crippen molar-refractivity contribution in [3.63, 3.8) is 0 Å². The highest BCUT2D eigenvalue weighted by atomic mass is 16.5. The number of nitrogens with two attached hydrogens (primary N) is 1. The first-order valence-corrected chi connectivity index (χ1v) is 3.54. The van der Waals surface area contributed by atoms with Gasteiger partial charge in [-0.2, -0.15) is 0 Å². The molecule has 4 heteroatoms. The van der Waals surface area contributed by atoms with Crippen LogP contribution in [0.4, 0.5) is 4.79 Å². The highest BCUT2D eigenvalue weighted by molar-refractivity contribution is 5.64. The van der Waals surface area contributed by atoms with Gasteiger partial charge in [0.15, 0.2) is 0 Å². The largest absolute Gasteiger partial charge is 0.450 e. The van der Waals surface area contributed by atoms with E-state index in [9.17, 15) is 4.79 Å². The Morgan fingerprint density at radius 3 is 2.08 bits per heavy atom. The van der Waals surface area contributed by atoms with Gasteiger partial charge in [0, 0.05) is 12.4 Å². The first-order valence-electron chi connectivity index (χ1n) is 3.54. The zero-order chi connectivity index (χ0) is 9.23. The van der Waals surface area contributed by atoms with Crippen molar-refractivity contribution in [2.24, 2.45) is 5.73 Å². The molecule has 0 fully saturated rings. The fourth-order valence-electron chi connectivity index (χ4n) is 0.455. The van der Waals surface area contributed by atoms with Crippen molar-refractivity contribution in [1.29, 1.82) is 0 Å². The Kier molecular flexibility index (Phi) is 6.54. The molecule has 1 amide bonds. The van der Waals surface area contributed by atoms with Gasteiger partial charge >= 0.3 is 6.09 Å². The topological polar surface area (TPSA) is 65.2 Å². The number of pyridine rings is 1. The maximum absolute atomic E-state index is 9.60. The van der Waals surface area contributed by atoms with Crippen LogP contribution in [0.5, 0.6) is 0 Å².